The Hall–Kier alpha value is -1.92. The van der Waals surface area contributed by atoms with Crippen molar-refractivity contribution >= 4 is 11.8 Å². The lowest BCUT2D eigenvalue weighted by atomic mass is 10.3. The second-order valence-corrected chi connectivity index (χ2v) is 3.06. The van der Waals surface area contributed by atoms with Crippen LogP contribution in [0.5, 0.6) is 0 Å². The molecule has 0 spiro atoms. The molecular formula is C8H13N5O2. The van der Waals surface area contributed by atoms with Crippen LogP contribution in [0.15, 0.2) is 0 Å². The predicted molar refractivity (Wildman–Crippen MR) is 51.9 cm³/mol. The van der Waals surface area contributed by atoms with E-state index in [9.17, 15) is 9.59 Å². The first-order chi connectivity index (χ1) is 7.04. The van der Waals surface area contributed by atoms with Gasteiger partial charge in [-0.15, -0.1) is 5.10 Å². The molecular weight excluding hydrogens is 198 g/mol. The summed E-state index contributed by atoms with van der Waals surface area (Å²) in [6.45, 7) is 3.38. The molecule has 7 heteroatoms. The molecule has 7 nitrogen and oxygen atoms in total. The van der Waals surface area contributed by atoms with Gasteiger partial charge in [0, 0.05) is 6.42 Å². The summed E-state index contributed by atoms with van der Waals surface area (Å²) in [5.41, 5.74) is 4.99. The molecule has 0 fully saturated rings. The van der Waals surface area contributed by atoms with Gasteiger partial charge in [-0.1, -0.05) is 6.92 Å². The summed E-state index contributed by atoms with van der Waals surface area (Å²) < 4.78 is 0. The number of nitrogens with zero attached hydrogens (tertiary/aromatic N) is 2. The third kappa shape index (κ3) is 2.76. The quantitative estimate of drug-likeness (QED) is 0.590. The minimum Gasteiger partial charge on any atom is -0.368 e. The topological polar surface area (TPSA) is 114 Å². The van der Waals surface area contributed by atoms with Crippen LogP contribution in [0, 0.1) is 0 Å². The molecule has 1 rings (SSSR count). The highest BCUT2D eigenvalue weighted by Gasteiger charge is 2.16. The number of hydrogen-bond donors (Lipinski definition) is 3. The first-order valence-electron chi connectivity index (χ1n) is 4.56. The molecule has 1 aromatic rings. The lowest BCUT2D eigenvalue weighted by Crippen LogP contribution is -2.42. The van der Waals surface area contributed by atoms with Crippen LogP contribution in [0.2, 0.25) is 0 Å². The van der Waals surface area contributed by atoms with E-state index in [1.807, 2.05) is 6.92 Å². The average molecular weight is 211 g/mol. The normalized spacial score (nSPS) is 12.1. The molecule has 0 aliphatic rings. The monoisotopic (exact) mass is 211 g/mol. The van der Waals surface area contributed by atoms with E-state index in [-0.39, 0.29) is 5.82 Å². The number of H-pyrrole nitrogens is 1. The standard InChI is InChI=1S/C8H13N5O2/c1-3-5-11-7(13-12-5)8(15)10-4(2)6(9)14/h4H,3H2,1-2H3,(H2,9,14)(H,10,15)(H,11,12,13). The minimum absolute atomic E-state index is 0.0138. The second-order valence-electron chi connectivity index (χ2n) is 3.06. The summed E-state index contributed by atoms with van der Waals surface area (Å²) in [6, 6.07) is -0.735. The van der Waals surface area contributed by atoms with Gasteiger partial charge in [0.2, 0.25) is 11.7 Å². The van der Waals surface area contributed by atoms with Crippen LogP contribution >= 0.6 is 0 Å². The molecule has 4 N–H and O–H groups in total. The van der Waals surface area contributed by atoms with Crippen molar-refractivity contribution < 1.29 is 9.59 Å². The highest BCUT2D eigenvalue weighted by molar-refractivity contribution is 5.94. The van der Waals surface area contributed by atoms with E-state index in [4.69, 9.17) is 5.73 Å². The third-order valence-corrected chi connectivity index (χ3v) is 1.84. The molecule has 0 aromatic carbocycles. The molecule has 1 heterocycles. The minimum atomic E-state index is -0.735. The summed E-state index contributed by atoms with van der Waals surface area (Å²) in [5.74, 6) is -0.487. The molecule has 0 saturated heterocycles. The number of aromatic amines is 1. The maximum absolute atomic E-state index is 11.4. The number of aryl methyl sites for hydroxylation is 1. The van der Waals surface area contributed by atoms with Gasteiger partial charge < -0.3 is 11.1 Å². The van der Waals surface area contributed by atoms with Gasteiger partial charge in [-0.05, 0) is 6.92 Å². The van der Waals surface area contributed by atoms with Crippen LogP contribution in [0.4, 0.5) is 0 Å². The summed E-state index contributed by atoms with van der Waals surface area (Å²) in [4.78, 5) is 26.0. The molecule has 0 bridgehead atoms. The zero-order chi connectivity index (χ0) is 11.4. The summed E-state index contributed by atoms with van der Waals surface area (Å²) in [6.07, 6.45) is 0.658. The SMILES string of the molecule is CCc1nc(C(=O)NC(C)C(N)=O)n[nH]1. The van der Waals surface area contributed by atoms with E-state index in [1.165, 1.54) is 6.92 Å². The molecule has 2 amide bonds. The van der Waals surface area contributed by atoms with Gasteiger partial charge >= 0.3 is 0 Å². The first-order valence-corrected chi connectivity index (χ1v) is 4.56. The zero-order valence-electron chi connectivity index (χ0n) is 8.57. The molecule has 1 atom stereocenters. The van der Waals surface area contributed by atoms with E-state index in [2.05, 4.69) is 20.5 Å². The Morgan fingerprint density at radius 2 is 2.27 bits per heavy atom. The van der Waals surface area contributed by atoms with Crippen molar-refractivity contribution in [3.63, 3.8) is 0 Å². The number of aromatic nitrogens is 3. The summed E-state index contributed by atoms with van der Waals surface area (Å²) in [5, 5.41) is 8.67. The van der Waals surface area contributed by atoms with E-state index in [0.29, 0.717) is 12.2 Å². The number of rotatable bonds is 4. The van der Waals surface area contributed by atoms with Crippen molar-refractivity contribution in [2.24, 2.45) is 5.73 Å². The van der Waals surface area contributed by atoms with Crippen LogP contribution < -0.4 is 11.1 Å². The van der Waals surface area contributed by atoms with Crippen molar-refractivity contribution in [1.29, 1.82) is 0 Å². The number of nitrogens with one attached hydrogen (secondary N) is 2. The van der Waals surface area contributed by atoms with Gasteiger partial charge in [0.1, 0.15) is 11.9 Å². The molecule has 0 saturated carbocycles. The molecule has 1 unspecified atom stereocenters. The van der Waals surface area contributed by atoms with Crippen molar-refractivity contribution in [2.45, 2.75) is 26.3 Å². The number of carbonyl (C=O) groups is 2. The lowest BCUT2D eigenvalue weighted by molar-refractivity contribution is -0.119. The summed E-state index contributed by atoms with van der Waals surface area (Å²) >= 11 is 0. The smallest absolute Gasteiger partial charge is 0.291 e. The fourth-order valence-corrected chi connectivity index (χ4v) is 0.887. The number of primary amides is 1. The van der Waals surface area contributed by atoms with Crippen LogP contribution in [0.25, 0.3) is 0 Å². The number of carbonyl (C=O) groups excluding carboxylic acids is 2. The number of hydrogen-bond acceptors (Lipinski definition) is 4. The number of amides is 2. The molecule has 0 aliphatic heterocycles. The van der Waals surface area contributed by atoms with Crippen LogP contribution in [0.3, 0.4) is 0 Å². The molecule has 0 radical (unpaired) electrons. The molecule has 1 aromatic heterocycles. The van der Waals surface area contributed by atoms with Crippen molar-refractivity contribution in [2.75, 3.05) is 0 Å². The Kier molecular flexibility index (Phi) is 3.37. The van der Waals surface area contributed by atoms with E-state index in [1.54, 1.807) is 0 Å². The Bertz CT molecular complexity index is 373. The molecule has 15 heavy (non-hydrogen) atoms. The second kappa shape index (κ2) is 4.54. The van der Waals surface area contributed by atoms with Crippen LogP contribution in [-0.2, 0) is 11.2 Å². The van der Waals surface area contributed by atoms with E-state index in [0.717, 1.165) is 0 Å². The fraction of sp³-hybridized carbons (Fsp3) is 0.500. The average Bonchev–Trinajstić information content (AvgIpc) is 2.65. The van der Waals surface area contributed by atoms with Gasteiger partial charge in [0.15, 0.2) is 0 Å². The van der Waals surface area contributed by atoms with Gasteiger partial charge in [-0.3, -0.25) is 14.7 Å². The fourth-order valence-electron chi connectivity index (χ4n) is 0.887. The zero-order valence-corrected chi connectivity index (χ0v) is 8.57. The van der Waals surface area contributed by atoms with Crippen LogP contribution in [0.1, 0.15) is 30.3 Å². The van der Waals surface area contributed by atoms with E-state index >= 15 is 0 Å². The Morgan fingerprint density at radius 3 is 2.73 bits per heavy atom. The Labute approximate surface area is 86.5 Å². The number of nitrogens with two attached hydrogens (primary N) is 1. The third-order valence-electron chi connectivity index (χ3n) is 1.84. The van der Waals surface area contributed by atoms with Crippen molar-refractivity contribution in [1.82, 2.24) is 20.5 Å². The molecule has 82 valence electrons. The predicted octanol–water partition coefficient (Wildman–Crippen LogP) is -1.03. The van der Waals surface area contributed by atoms with Crippen molar-refractivity contribution in [3.8, 4) is 0 Å². The van der Waals surface area contributed by atoms with Gasteiger partial charge in [0.25, 0.3) is 5.91 Å². The van der Waals surface area contributed by atoms with Crippen LogP contribution in [-0.4, -0.2) is 33.0 Å². The van der Waals surface area contributed by atoms with Gasteiger partial charge in [-0.25, -0.2) is 4.98 Å². The lowest BCUT2D eigenvalue weighted by Gasteiger charge is -2.07. The van der Waals surface area contributed by atoms with Gasteiger partial charge in [-0.2, -0.15) is 0 Å². The maximum atomic E-state index is 11.4. The Balaban J connectivity index is 2.65. The summed E-state index contributed by atoms with van der Waals surface area (Å²) in [7, 11) is 0. The van der Waals surface area contributed by atoms with E-state index < -0.39 is 17.9 Å². The molecule has 0 aliphatic carbocycles. The Morgan fingerprint density at radius 1 is 1.60 bits per heavy atom. The first kappa shape index (κ1) is 11.2. The highest BCUT2D eigenvalue weighted by atomic mass is 16.2. The van der Waals surface area contributed by atoms with Gasteiger partial charge in [0.05, 0.1) is 0 Å². The largest absolute Gasteiger partial charge is 0.368 e. The highest BCUT2D eigenvalue weighted by Crippen LogP contribution is 1.94. The van der Waals surface area contributed by atoms with Crippen molar-refractivity contribution in [3.05, 3.63) is 11.6 Å². The maximum Gasteiger partial charge on any atom is 0.291 e.